The minimum Gasteiger partial charge on any atom is -0.369 e. The molecule has 1 aliphatic rings. The van der Waals surface area contributed by atoms with Crippen LogP contribution in [-0.4, -0.2) is 6.61 Å². The molecule has 1 atom stereocenters. The fraction of sp³-hybridized carbons (Fsp3) is 0.556. The normalized spacial score (nSPS) is 17.4. The van der Waals surface area contributed by atoms with Gasteiger partial charge in [0.25, 0.3) is 0 Å². The van der Waals surface area contributed by atoms with E-state index >= 15 is 0 Å². The second kappa shape index (κ2) is 8.16. The van der Waals surface area contributed by atoms with Crippen LogP contribution in [0.5, 0.6) is 0 Å². The molecule has 1 nitrogen and oxygen atoms in total. The molecular formula is C18H26O. The van der Waals surface area contributed by atoms with Crippen molar-refractivity contribution in [3.63, 3.8) is 0 Å². The molecule has 0 radical (unpaired) electrons. The molecule has 0 amide bonds. The van der Waals surface area contributed by atoms with Gasteiger partial charge in [-0.3, -0.25) is 0 Å². The van der Waals surface area contributed by atoms with E-state index in [4.69, 9.17) is 4.74 Å². The molecule has 0 fully saturated rings. The molecule has 1 heteroatoms. The first-order valence-electron chi connectivity index (χ1n) is 7.78. The highest BCUT2D eigenvalue weighted by molar-refractivity contribution is 5.36. The van der Waals surface area contributed by atoms with E-state index in [1.807, 2.05) is 0 Å². The predicted molar refractivity (Wildman–Crippen MR) is 81.4 cm³/mol. The molecule has 0 saturated carbocycles. The molecule has 0 spiro atoms. The summed E-state index contributed by atoms with van der Waals surface area (Å²) in [5.41, 5.74) is 2.77. The average Bonchev–Trinajstić information content (AvgIpc) is 2.46. The molecule has 0 saturated heterocycles. The molecule has 0 aliphatic heterocycles. The molecule has 1 aromatic carbocycles. The van der Waals surface area contributed by atoms with Gasteiger partial charge in [-0.1, -0.05) is 75.4 Å². The summed E-state index contributed by atoms with van der Waals surface area (Å²) in [5, 5.41) is 0. The summed E-state index contributed by atoms with van der Waals surface area (Å²) in [6, 6.07) is 8.63. The number of unbranched alkanes of at least 4 members (excludes halogenated alkanes) is 5. The van der Waals surface area contributed by atoms with Crippen molar-refractivity contribution in [2.75, 3.05) is 6.61 Å². The van der Waals surface area contributed by atoms with E-state index in [2.05, 4.69) is 43.3 Å². The van der Waals surface area contributed by atoms with Crippen molar-refractivity contribution < 1.29 is 4.74 Å². The van der Waals surface area contributed by atoms with Crippen LogP contribution in [0.15, 0.2) is 36.4 Å². The first kappa shape index (κ1) is 14.3. The van der Waals surface area contributed by atoms with E-state index in [1.54, 1.807) is 0 Å². The van der Waals surface area contributed by atoms with Gasteiger partial charge >= 0.3 is 0 Å². The molecule has 1 aromatic rings. The van der Waals surface area contributed by atoms with E-state index in [0.29, 0.717) is 0 Å². The zero-order valence-corrected chi connectivity index (χ0v) is 12.1. The van der Waals surface area contributed by atoms with Gasteiger partial charge in [0.15, 0.2) is 0 Å². The van der Waals surface area contributed by atoms with Crippen LogP contribution >= 0.6 is 0 Å². The van der Waals surface area contributed by atoms with Crippen molar-refractivity contribution in [2.45, 2.75) is 58.0 Å². The Labute approximate surface area is 117 Å². The SMILES string of the molecule is CCCCCCCCOC1C=CCc2ccccc21. The van der Waals surface area contributed by atoms with E-state index in [-0.39, 0.29) is 6.10 Å². The number of hydrogen-bond acceptors (Lipinski definition) is 1. The Kier molecular flexibility index (Phi) is 6.16. The first-order valence-corrected chi connectivity index (χ1v) is 7.78. The van der Waals surface area contributed by atoms with Crippen LogP contribution in [0.1, 0.15) is 62.7 Å². The van der Waals surface area contributed by atoms with Gasteiger partial charge < -0.3 is 4.74 Å². The number of allylic oxidation sites excluding steroid dienone is 1. The Balaban J connectivity index is 1.69. The van der Waals surface area contributed by atoms with E-state index in [1.165, 1.54) is 49.7 Å². The maximum absolute atomic E-state index is 6.03. The molecule has 104 valence electrons. The zero-order valence-electron chi connectivity index (χ0n) is 12.1. The molecule has 0 bridgehead atoms. The lowest BCUT2D eigenvalue weighted by Crippen LogP contribution is -2.09. The number of rotatable bonds is 8. The largest absolute Gasteiger partial charge is 0.369 e. The van der Waals surface area contributed by atoms with Crippen LogP contribution in [-0.2, 0) is 11.2 Å². The molecule has 0 N–H and O–H groups in total. The quantitative estimate of drug-likeness (QED) is 0.459. The molecule has 2 rings (SSSR count). The number of fused-ring (bicyclic) bond motifs is 1. The Morgan fingerprint density at radius 2 is 1.84 bits per heavy atom. The van der Waals surface area contributed by atoms with Crippen LogP contribution in [0.3, 0.4) is 0 Å². The molecule has 1 aliphatic carbocycles. The highest BCUT2D eigenvalue weighted by Gasteiger charge is 2.15. The van der Waals surface area contributed by atoms with Gasteiger partial charge in [0.2, 0.25) is 0 Å². The molecule has 19 heavy (non-hydrogen) atoms. The lowest BCUT2D eigenvalue weighted by atomic mass is 9.95. The Hall–Kier alpha value is -1.08. The van der Waals surface area contributed by atoms with Crippen LogP contribution < -0.4 is 0 Å². The van der Waals surface area contributed by atoms with E-state index in [9.17, 15) is 0 Å². The van der Waals surface area contributed by atoms with Crippen molar-refractivity contribution >= 4 is 0 Å². The summed E-state index contributed by atoms with van der Waals surface area (Å²) in [6.07, 6.45) is 13.6. The number of ether oxygens (including phenoxy) is 1. The fourth-order valence-electron chi connectivity index (χ4n) is 2.66. The van der Waals surface area contributed by atoms with Crippen LogP contribution in [0.25, 0.3) is 0 Å². The third kappa shape index (κ3) is 4.50. The third-order valence-corrected chi connectivity index (χ3v) is 3.81. The van der Waals surface area contributed by atoms with Gasteiger partial charge in [0.1, 0.15) is 6.10 Å². The monoisotopic (exact) mass is 258 g/mol. The first-order chi connectivity index (χ1) is 9.42. The van der Waals surface area contributed by atoms with Gasteiger partial charge in [0.05, 0.1) is 0 Å². The summed E-state index contributed by atoms with van der Waals surface area (Å²) >= 11 is 0. The Morgan fingerprint density at radius 3 is 2.74 bits per heavy atom. The fourth-order valence-corrected chi connectivity index (χ4v) is 2.66. The summed E-state index contributed by atoms with van der Waals surface area (Å²) in [7, 11) is 0. The number of hydrogen-bond donors (Lipinski definition) is 0. The van der Waals surface area contributed by atoms with Crippen molar-refractivity contribution in [1.29, 1.82) is 0 Å². The smallest absolute Gasteiger partial charge is 0.101 e. The lowest BCUT2D eigenvalue weighted by Gasteiger charge is -2.21. The minimum atomic E-state index is 0.181. The summed E-state index contributed by atoms with van der Waals surface area (Å²) < 4.78 is 6.03. The summed E-state index contributed by atoms with van der Waals surface area (Å²) in [4.78, 5) is 0. The molecule has 0 heterocycles. The molecule has 1 unspecified atom stereocenters. The minimum absolute atomic E-state index is 0.181. The second-order valence-electron chi connectivity index (χ2n) is 5.39. The van der Waals surface area contributed by atoms with Gasteiger partial charge in [-0.2, -0.15) is 0 Å². The summed E-state index contributed by atoms with van der Waals surface area (Å²) in [5.74, 6) is 0. The maximum atomic E-state index is 6.03. The van der Waals surface area contributed by atoms with Crippen LogP contribution in [0.4, 0.5) is 0 Å². The van der Waals surface area contributed by atoms with Crippen LogP contribution in [0.2, 0.25) is 0 Å². The van der Waals surface area contributed by atoms with Gasteiger partial charge in [0, 0.05) is 6.61 Å². The topological polar surface area (TPSA) is 9.23 Å². The Bertz CT molecular complexity index is 394. The highest BCUT2D eigenvalue weighted by Crippen LogP contribution is 2.27. The summed E-state index contributed by atoms with van der Waals surface area (Å²) in [6.45, 7) is 3.14. The zero-order chi connectivity index (χ0) is 13.3. The van der Waals surface area contributed by atoms with E-state index < -0.39 is 0 Å². The van der Waals surface area contributed by atoms with Gasteiger partial charge in [-0.25, -0.2) is 0 Å². The number of benzene rings is 1. The average molecular weight is 258 g/mol. The van der Waals surface area contributed by atoms with Crippen molar-refractivity contribution in [1.82, 2.24) is 0 Å². The van der Waals surface area contributed by atoms with Gasteiger partial charge in [-0.15, -0.1) is 0 Å². The van der Waals surface area contributed by atoms with Gasteiger partial charge in [-0.05, 0) is 24.0 Å². The standard InChI is InChI=1S/C18H26O/c1-2-3-4-5-6-9-15-19-18-14-10-12-16-11-7-8-13-17(16)18/h7-8,10-11,13-14,18H,2-6,9,12,15H2,1H3. The van der Waals surface area contributed by atoms with Crippen molar-refractivity contribution in [3.05, 3.63) is 47.5 Å². The highest BCUT2D eigenvalue weighted by atomic mass is 16.5. The molecular weight excluding hydrogens is 232 g/mol. The van der Waals surface area contributed by atoms with E-state index in [0.717, 1.165) is 13.0 Å². The second-order valence-corrected chi connectivity index (χ2v) is 5.39. The van der Waals surface area contributed by atoms with Crippen molar-refractivity contribution in [2.24, 2.45) is 0 Å². The third-order valence-electron chi connectivity index (χ3n) is 3.81. The Morgan fingerprint density at radius 1 is 1.05 bits per heavy atom. The molecule has 0 aromatic heterocycles. The maximum Gasteiger partial charge on any atom is 0.101 e. The van der Waals surface area contributed by atoms with Crippen LogP contribution in [0, 0.1) is 0 Å². The lowest BCUT2D eigenvalue weighted by molar-refractivity contribution is 0.0802. The van der Waals surface area contributed by atoms with Crippen molar-refractivity contribution in [3.8, 4) is 0 Å². The predicted octanol–water partition coefficient (Wildman–Crippen LogP) is 5.22.